The average Bonchev–Trinajstić information content (AvgIpc) is 3.25. The number of nitrogens with zero attached hydrogens (tertiary/aromatic N) is 2. The third-order valence-electron chi connectivity index (χ3n) is 6.19. The summed E-state index contributed by atoms with van der Waals surface area (Å²) in [6.07, 6.45) is 0.359. The van der Waals surface area contributed by atoms with E-state index in [1.165, 1.54) is 23.5 Å². The molecule has 1 aliphatic heterocycles. The Morgan fingerprint density at radius 3 is 2.36 bits per heavy atom. The van der Waals surface area contributed by atoms with Crippen LogP contribution in [0.15, 0.2) is 73.1 Å². The molecule has 2 aromatic heterocycles. The lowest BCUT2D eigenvalue weighted by molar-refractivity contribution is -0.137. The van der Waals surface area contributed by atoms with Crippen LogP contribution in [0.3, 0.4) is 0 Å². The lowest BCUT2D eigenvalue weighted by Crippen LogP contribution is -2.18. The summed E-state index contributed by atoms with van der Waals surface area (Å²) in [4.78, 5) is 5.45. The number of aromatic nitrogens is 2. The third-order valence-corrected chi connectivity index (χ3v) is 7.37. The molecule has 5 rings (SSSR count). The van der Waals surface area contributed by atoms with Crippen molar-refractivity contribution < 1.29 is 27.4 Å². The van der Waals surface area contributed by atoms with Crippen molar-refractivity contribution in [1.29, 1.82) is 0 Å². The highest BCUT2D eigenvalue weighted by molar-refractivity contribution is 7.15. The number of halogens is 3. The summed E-state index contributed by atoms with van der Waals surface area (Å²) in [6.45, 7) is 2.21. The number of ether oxygens (including phenoxy) is 3. The maximum Gasteiger partial charge on any atom is 0.416 e. The van der Waals surface area contributed by atoms with Crippen molar-refractivity contribution in [3.8, 4) is 16.3 Å². The molecule has 5 nitrogen and oxygen atoms in total. The second-order valence-electron chi connectivity index (χ2n) is 8.64. The average molecular weight is 515 g/mol. The number of alkyl halides is 3. The van der Waals surface area contributed by atoms with Gasteiger partial charge in [0.05, 0.1) is 22.2 Å². The van der Waals surface area contributed by atoms with Crippen LogP contribution < -0.4 is 4.74 Å². The molecule has 36 heavy (non-hydrogen) atoms. The molecule has 0 aliphatic carbocycles. The zero-order chi connectivity index (χ0) is 25.3. The van der Waals surface area contributed by atoms with Gasteiger partial charge in [0.25, 0.3) is 0 Å². The van der Waals surface area contributed by atoms with Gasteiger partial charge in [-0.05, 0) is 55.3 Å². The van der Waals surface area contributed by atoms with Gasteiger partial charge in [0.1, 0.15) is 23.5 Å². The second-order valence-corrected chi connectivity index (χ2v) is 9.73. The monoisotopic (exact) mass is 514 g/mol. The van der Waals surface area contributed by atoms with Crippen LogP contribution in [0, 0.1) is 6.92 Å². The van der Waals surface area contributed by atoms with Gasteiger partial charge in [0.2, 0.25) is 0 Å². The molecule has 188 valence electrons. The first-order valence-electron chi connectivity index (χ1n) is 11.5. The molecule has 1 fully saturated rings. The van der Waals surface area contributed by atoms with E-state index < -0.39 is 11.7 Å². The Morgan fingerprint density at radius 2 is 1.75 bits per heavy atom. The van der Waals surface area contributed by atoms with Gasteiger partial charge in [0.15, 0.2) is 6.29 Å². The van der Waals surface area contributed by atoms with Crippen molar-refractivity contribution >= 4 is 11.3 Å². The second kappa shape index (κ2) is 10.1. The van der Waals surface area contributed by atoms with Crippen molar-refractivity contribution in [2.75, 3.05) is 7.11 Å². The number of epoxide rings is 1. The fourth-order valence-electron chi connectivity index (χ4n) is 4.13. The summed E-state index contributed by atoms with van der Waals surface area (Å²) in [6, 6.07) is 17.2. The van der Waals surface area contributed by atoms with Crippen LogP contribution in [0.5, 0.6) is 5.75 Å². The molecule has 0 amide bonds. The molecule has 0 radical (unpaired) electrons. The molecule has 0 N–H and O–H groups in total. The summed E-state index contributed by atoms with van der Waals surface area (Å²) < 4.78 is 57.6. The molecule has 9 heteroatoms. The fraction of sp³-hybridized carbons (Fsp3) is 0.296. The molecule has 0 bridgehead atoms. The quantitative estimate of drug-likeness (QED) is 0.234. The number of benzene rings is 2. The van der Waals surface area contributed by atoms with E-state index in [1.54, 1.807) is 7.11 Å². The van der Waals surface area contributed by atoms with Crippen LogP contribution >= 0.6 is 11.3 Å². The van der Waals surface area contributed by atoms with E-state index in [0.717, 1.165) is 40.4 Å². The van der Waals surface area contributed by atoms with Crippen LogP contribution in [-0.2, 0) is 28.7 Å². The van der Waals surface area contributed by atoms with Crippen molar-refractivity contribution in [2.45, 2.75) is 44.6 Å². The van der Waals surface area contributed by atoms with Crippen LogP contribution in [0.2, 0.25) is 0 Å². The molecule has 3 atom stereocenters. The predicted octanol–water partition coefficient (Wildman–Crippen LogP) is 6.67. The van der Waals surface area contributed by atoms with E-state index >= 15 is 0 Å². The minimum Gasteiger partial charge on any atom is -0.488 e. The predicted molar refractivity (Wildman–Crippen MR) is 131 cm³/mol. The summed E-state index contributed by atoms with van der Waals surface area (Å²) in [5, 5.41) is 0.669. The number of hydrogen-bond donors (Lipinski definition) is 0. The van der Waals surface area contributed by atoms with Gasteiger partial charge in [-0.25, -0.2) is 4.98 Å². The lowest BCUT2D eigenvalue weighted by atomic mass is 10.0. The summed E-state index contributed by atoms with van der Waals surface area (Å²) in [5.41, 5.74) is 1.94. The Kier molecular flexibility index (Phi) is 6.87. The van der Waals surface area contributed by atoms with Crippen LogP contribution in [0.25, 0.3) is 10.6 Å². The van der Waals surface area contributed by atoms with Crippen molar-refractivity contribution in [3.63, 3.8) is 0 Å². The third kappa shape index (κ3) is 5.48. The molecular weight excluding hydrogens is 489 g/mol. The zero-order valence-corrected chi connectivity index (χ0v) is 20.6. The van der Waals surface area contributed by atoms with E-state index in [9.17, 15) is 13.2 Å². The Labute approximate surface area is 211 Å². The summed E-state index contributed by atoms with van der Waals surface area (Å²) in [7, 11) is 1.65. The smallest absolute Gasteiger partial charge is 0.416 e. The number of aryl methyl sites for hydroxylation is 1. The number of thiazole rings is 1. The fourth-order valence-corrected chi connectivity index (χ4v) is 5.11. The Bertz CT molecular complexity index is 1290. The molecule has 4 aromatic rings. The van der Waals surface area contributed by atoms with Crippen molar-refractivity contribution in [1.82, 2.24) is 9.55 Å². The molecule has 0 saturated carbocycles. The highest BCUT2D eigenvalue weighted by atomic mass is 32.1. The summed E-state index contributed by atoms with van der Waals surface area (Å²) in [5.74, 6) is 0.734. The topological polar surface area (TPSA) is 48.8 Å². The minimum atomic E-state index is -4.35. The molecule has 1 saturated heterocycles. The first-order valence-corrected chi connectivity index (χ1v) is 12.3. The van der Waals surface area contributed by atoms with Gasteiger partial charge >= 0.3 is 6.18 Å². The molecule has 1 aliphatic rings. The van der Waals surface area contributed by atoms with E-state index in [-0.39, 0.29) is 18.4 Å². The maximum atomic E-state index is 12.8. The zero-order valence-electron chi connectivity index (χ0n) is 19.7. The van der Waals surface area contributed by atoms with Gasteiger partial charge < -0.3 is 18.8 Å². The van der Waals surface area contributed by atoms with Crippen LogP contribution in [0.1, 0.15) is 27.7 Å². The molecule has 3 unspecified atom stereocenters. The van der Waals surface area contributed by atoms with Gasteiger partial charge in [-0.15, -0.1) is 11.3 Å². The van der Waals surface area contributed by atoms with Gasteiger partial charge in [-0.3, -0.25) is 0 Å². The highest BCUT2D eigenvalue weighted by Crippen LogP contribution is 2.36. The van der Waals surface area contributed by atoms with E-state index in [4.69, 9.17) is 14.2 Å². The van der Waals surface area contributed by atoms with Gasteiger partial charge in [-0.2, -0.15) is 13.2 Å². The first-order chi connectivity index (χ1) is 17.3. The molecule has 2 aromatic carbocycles. The Hall–Kier alpha value is -3.14. The van der Waals surface area contributed by atoms with Crippen molar-refractivity contribution in [3.05, 3.63) is 94.8 Å². The van der Waals surface area contributed by atoms with Gasteiger partial charge in [0, 0.05) is 25.1 Å². The lowest BCUT2D eigenvalue weighted by Gasteiger charge is -2.17. The maximum absolute atomic E-state index is 12.8. The normalized spacial score (nSPS) is 18.2. The Morgan fingerprint density at radius 1 is 1.06 bits per heavy atom. The molecule has 3 heterocycles. The Balaban J connectivity index is 1.21. The standard InChI is InChI=1S/C27H25F3N2O3S/c1-17-23(36-25(31-17)19-7-9-20(10-8-19)27(28,29)30)16-34-21-11-5-18(6-12-21)15-22(24-26(33-2)35-24)32-13-3-4-14-32/h3-14,22,24,26H,15-16H2,1-2H3. The molecular formula is C27H25F3N2O3S. The molecule has 0 spiro atoms. The van der Waals surface area contributed by atoms with Crippen LogP contribution in [-0.4, -0.2) is 29.1 Å². The first kappa shape index (κ1) is 24.5. The highest BCUT2D eigenvalue weighted by Gasteiger charge is 2.46. The SMILES string of the molecule is COC1OC1C(Cc1ccc(OCc2sc(-c3ccc(C(F)(F)F)cc3)nc2C)cc1)n1cccc1. The van der Waals surface area contributed by atoms with Gasteiger partial charge in [-0.1, -0.05) is 24.3 Å². The van der Waals surface area contributed by atoms with E-state index in [0.29, 0.717) is 17.2 Å². The van der Waals surface area contributed by atoms with Crippen molar-refractivity contribution in [2.24, 2.45) is 0 Å². The van der Waals surface area contributed by atoms with E-state index in [1.807, 2.05) is 55.7 Å². The number of hydrogen-bond acceptors (Lipinski definition) is 5. The number of methoxy groups -OCH3 is 1. The minimum absolute atomic E-state index is 0.0199. The van der Waals surface area contributed by atoms with Crippen LogP contribution in [0.4, 0.5) is 13.2 Å². The summed E-state index contributed by atoms with van der Waals surface area (Å²) >= 11 is 1.42. The largest absolute Gasteiger partial charge is 0.488 e. The van der Waals surface area contributed by atoms with E-state index in [2.05, 4.69) is 9.55 Å². The number of rotatable bonds is 9.